The number of nitrogens with zero attached hydrogens (tertiary/aromatic N) is 1. The van der Waals surface area contributed by atoms with Crippen LogP contribution in [-0.2, 0) is 19.1 Å². The van der Waals surface area contributed by atoms with Crippen LogP contribution in [0.25, 0.3) is 0 Å². The summed E-state index contributed by atoms with van der Waals surface area (Å²) in [6, 6.07) is 16.0. The lowest BCUT2D eigenvalue weighted by Crippen LogP contribution is -2.26. The maximum absolute atomic E-state index is 12.2. The number of carbonyl (C=O) groups is 2. The molecule has 0 aliphatic carbocycles. The Morgan fingerprint density at radius 1 is 1.08 bits per heavy atom. The summed E-state index contributed by atoms with van der Waals surface area (Å²) in [5.41, 5.74) is 3.96. The van der Waals surface area contributed by atoms with Crippen LogP contribution in [0.1, 0.15) is 17.2 Å². The Kier molecular flexibility index (Phi) is 7.32. The second-order valence-electron chi connectivity index (χ2n) is 5.19. The van der Waals surface area contributed by atoms with Crippen molar-refractivity contribution in [1.82, 2.24) is 5.43 Å². The van der Waals surface area contributed by atoms with Crippen molar-refractivity contribution in [2.75, 3.05) is 20.8 Å². The molecule has 26 heavy (non-hydrogen) atoms. The highest BCUT2D eigenvalue weighted by molar-refractivity contribution is 5.85. The summed E-state index contributed by atoms with van der Waals surface area (Å²) in [5, 5.41) is 3.93. The number of rotatable bonds is 8. The molecule has 2 aromatic carbocycles. The smallest absolute Gasteiger partial charge is 0.343 e. The Labute approximate surface area is 151 Å². The quantitative estimate of drug-likeness (QED) is 0.445. The van der Waals surface area contributed by atoms with Crippen LogP contribution >= 0.6 is 0 Å². The minimum Gasteiger partial charge on any atom is -0.482 e. The van der Waals surface area contributed by atoms with E-state index in [9.17, 15) is 9.59 Å². The molecule has 0 aliphatic heterocycles. The van der Waals surface area contributed by atoms with Crippen molar-refractivity contribution in [1.29, 1.82) is 0 Å². The van der Waals surface area contributed by atoms with Gasteiger partial charge in [-0.3, -0.25) is 4.79 Å². The highest BCUT2D eigenvalue weighted by atomic mass is 16.6. The molecule has 1 atom stereocenters. The number of carbonyl (C=O) groups excluding carboxylic acids is 2. The number of hydrazone groups is 1. The lowest BCUT2D eigenvalue weighted by atomic mass is 10.1. The van der Waals surface area contributed by atoms with Crippen LogP contribution < -0.4 is 10.2 Å². The average molecular weight is 356 g/mol. The molecule has 1 unspecified atom stereocenters. The molecule has 0 aromatic heterocycles. The number of esters is 1. The number of hydrogen-bond acceptors (Lipinski definition) is 6. The van der Waals surface area contributed by atoms with E-state index in [0.29, 0.717) is 5.75 Å². The van der Waals surface area contributed by atoms with Crippen molar-refractivity contribution in [3.63, 3.8) is 0 Å². The fourth-order valence-corrected chi connectivity index (χ4v) is 2.10. The lowest BCUT2D eigenvalue weighted by molar-refractivity contribution is -0.142. The Morgan fingerprint density at radius 2 is 1.77 bits per heavy atom. The van der Waals surface area contributed by atoms with Gasteiger partial charge in [-0.2, -0.15) is 5.10 Å². The fourth-order valence-electron chi connectivity index (χ4n) is 2.10. The summed E-state index contributed by atoms with van der Waals surface area (Å²) in [6.07, 6.45) is 0.766. The fraction of sp³-hybridized carbons (Fsp3) is 0.211. The largest absolute Gasteiger partial charge is 0.482 e. The van der Waals surface area contributed by atoms with Crippen molar-refractivity contribution in [3.8, 4) is 5.75 Å². The van der Waals surface area contributed by atoms with E-state index in [2.05, 4.69) is 15.3 Å². The van der Waals surface area contributed by atoms with Gasteiger partial charge in [-0.15, -0.1) is 0 Å². The summed E-state index contributed by atoms with van der Waals surface area (Å²) in [6.45, 7) is -0.155. The van der Waals surface area contributed by atoms with Gasteiger partial charge in [0, 0.05) is 7.11 Å². The number of methoxy groups -OCH3 is 2. The molecule has 0 fully saturated rings. The van der Waals surface area contributed by atoms with E-state index in [1.807, 2.05) is 30.3 Å². The maximum atomic E-state index is 12.2. The Bertz CT molecular complexity index is 744. The molecule has 0 radical (unpaired) electrons. The standard InChI is InChI=1S/C19H20N2O5/c1-24-17(22)13-26-16-10-8-14(9-11-16)12-20-21-19(23)18(25-2)15-6-4-3-5-7-15/h3-12,18H,13H2,1-2H3,(H,21,23)/b20-12+. The number of benzene rings is 2. The van der Waals surface area contributed by atoms with E-state index >= 15 is 0 Å². The van der Waals surface area contributed by atoms with Crippen LogP contribution in [0.15, 0.2) is 59.7 Å². The van der Waals surface area contributed by atoms with Gasteiger partial charge in [0.25, 0.3) is 5.91 Å². The van der Waals surface area contributed by atoms with Crippen molar-refractivity contribution in [2.24, 2.45) is 5.10 Å². The molecule has 0 spiro atoms. The zero-order valence-corrected chi connectivity index (χ0v) is 14.5. The molecule has 0 saturated carbocycles. The topological polar surface area (TPSA) is 86.2 Å². The first kappa shape index (κ1) is 19.1. The van der Waals surface area contributed by atoms with Gasteiger partial charge in [0.15, 0.2) is 12.7 Å². The first-order valence-corrected chi connectivity index (χ1v) is 7.84. The van der Waals surface area contributed by atoms with Gasteiger partial charge >= 0.3 is 5.97 Å². The van der Waals surface area contributed by atoms with Gasteiger partial charge in [0.05, 0.1) is 13.3 Å². The lowest BCUT2D eigenvalue weighted by Gasteiger charge is -2.13. The monoisotopic (exact) mass is 356 g/mol. The summed E-state index contributed by atoms with van der Waals surface area (Å²) in [4.78, 5) is 23.2. The Hall–Kier alpha value is -3.19. The van der Waals surface area contributed by atoms with Crippen LogP contribution in [0, 0.1) is 0 Å². The molecule has 1 amide bonds. The van der Waals surface area contributed by atoms with Crippen LogP contribution in [0.4, 0.5) is 0 Å². The Balaban J connectivity index is 1.89. The predicted octanol–water partition coefficient (Wildman–Crippen LogP) is 2.08. The van der Waals surface area contributed by atoms with Crippen molar-refractivity contribution in [3.05, 3.63) is 65.7 Å². The molecule has 2 rings (SSSR count). The summed E-state index contributed by atoms with van der Waals surface area (Å²) in [5.74, 6) is -0.294. The van der Waals surface area contributed by atoms with Crippen LogP contribution in [-0.4, -0.2) is 38.9 Å². The SMILES string of the molecule is COC(=O)COc1ccc(/C=N/NC(=O)C(OC)c2ccccc2)cc1. The molecule has 2 aromatic rings. The molecular weight excluding hydrogens is 336 g/mol. The van der Waals surface area contributed by atoms with Gasteiger partial charge in [-0.1, -0.05) is 30.3 Å². The highest BCUT2D eigenvalue weighted by Gasteiger charge is 2.18. The molecule has 7 heteroatoms. The summed E-state index contributed by atoms with van der Waals surface area (Å²) >= 11 is 0. The minimum absolute atomic E-state index is 0.155. The molecule has 0 bridgehead atoms. The highest BCUT2D eigenvalue weighted by Crippen LogP contribution is 2.16. The third-order valence-electron chi connectivity index (χ3n) is 3.43. The zero-order valence-electron chi connectivity index (χ0n) is 14.5. The van der Waals surface area contributed by atoms with Gasteiger partial charge in [0.1, 0.15) is 5.75 Å². The predicted molar refractivity (Wildman–Crippen MR) is 95.9 cm³/mol. The summed E-state index contributed by atoms with van der Waals surface area (Å²) in [7, 11) is 2.76. The van der Waals surface area contributed by atoms with Crippen molar-refractivity contribution >= 4 is 18.1 Å². The van der Waals surface area contributed by atoms with E-state index in [1.165, 1.54) is 20.4 Å². The van der Waals surface area contributed by atoms with E-state index in [4.69, 9.17) is 9.47 Å². The first-order chi connectivity index (χ1) is 12.6. The van der Waals surface area contributed by atoms with Gasteiger partial charge in [-0.05, 0) is 35.4 Å². The summed E-state index contributed by atoms with van der Waals surface area (Å²) < 4.78 is 15.0. The zero-order chi connectivity index (χ0) is 18.8. The molecule has 0 aliphatic rings. The van der Waals surface area contributed by atoms with E-state index < -0.39 is 12.1 Å². The van der Waals surface area contributed by atoms with Crippen LogP contribution in [0.3, 0.4) is 0 Å². The minimum atomic E-state index is -0.734. The first-order valence-electron chi connectivity index (χ1n) is 7.84. The van der Waals surface area contributed by atoms with Crippen molar-refractivity contribution < 1.29 is 23.8 Å². The van der Waals surface area contributed by atoms with Gasteiger partial charge in [-0.25, -0.2) is 10.2 Å². The van der Waals surface area contributed by atoms with Crippen LogP contribution in [0.5, 0.6) is 5.75 Å². The van der Waals surface area contributed by atoms with Gasteiger partial charge < -0.3 is 14.2 Å². The Morgan fingerprint density at radius 3 is 2.38 bits per heavy atom. The number of amides is 1. The molecule has 0 heterocycles. The molecule has 1 N–H and O–H groups in total. The number of ether oxygens (including phenoxy) is 3. The van der Waals surface area contributed by atoms with Gasteiger partial charge in [0.2, 0.25) is 0 Å². The molecule has 7 nitrogen and oxygen atoms in total. The maximum Gasteiger partial charge on any atom is 0.343 e. The molecule has 136 valence electrons. The third-order valence-corrected chi connectivity index (χ3v) is 3.43. The second kappa shape index (κ2) is 9.95. The third kappa shape index (κ3) is 5.71. The molecule has 0 saturated heterocycles. The van der Waals surface area contributed by atoms with E-state index in [-0.39, 0.29) is 12.5 Å². The second-order valence-corrected chi connectivity index (χ2v) is 5.19. The number of hydrogen-bond donors (Lipinski definition) is 1. The number of nitrogens with one attached hydrogen (secondary N) is 1. The van der Waals surface area contributed by atoms with E-state index in [1.54, 1.807) is 24.3 Å². The molecular formula is C19H20N2O5. The normalized spacial score (nSPS) is 11.8. The van der Waals surface area contributed by atoms with Crippen LogP contribution in [0.2, 0.25) is 0 Å². The average Bonchev–Trinajstić information content (AvgIpc) is 2.68. The van der Waals surface area contributed by atoms with Crippen molar-refractivity contribution in [2.45, 2.75) is 6.10 Å². The van der Waals surface area contributed by atoms with E-state index in [0.717, 1.165) is 11.1 Å².